The molecule has 1 aliphatic rings. The molecule has 4 nitrogen and oxygen atoms in total. The van der Waals surface area contributed by atoms with Gasteiger partial charge in [0.25, 0.3) is 5.91 Å². The van der Waals surface area contributed by atoms with Gasteiger partial charge >= 0.3 is 5.97 Å². The average molecular weight is 299 g/mol. The van der Waals surface area contributed by atoms with Crippen molar-refractivity contribution in [1.29, 1.82) is 0 Å². The summed E-state index contributed by atoms with van der Waals surface area (Å²) in [6.45, 7) is 0.901. The van der Waals surface area contributed by atoms with E-state index in [2.05, 4.69) is 0 Å². The van der Waals surface area contributed by atoms with Crippen LogP contribution in [0.3, 0.4) is 0 Å². The van der Waals surface area contributed by atoms with E-state index in [1.54, 1.807) is 4.90 Å². The van der Waals surface area contributed by atoms with Gasteiger partial charge in [-0.25, -0.2) is 9.18 Å². The van der Waals surface area contributed by atoms with Crippen LogP contribution >= 0.6 is 0 Å². The van der Waals surface area contributed by atoms with Crippen LogP contribution in [0.5, 0.6) is 0 Å². The van der Waals surface area contributed by atoms with Crippen LogP contribution in [0.25, 0.3) is 0 Å². The number of rotatable bonds is 2. The van der Waals surface area contributed by atoms with E-state index in [9.17, 15) is 14.0 Å². The molecule has 3 rings (SSSR count). The maximum Gasteiger partial charge on any atom is 0.335 e. The van der Waals surface area contributed by atoms with Gasteiger partial charge in [0.2, 0.25) is 0 Å². The summed E-state index contributed by atoms with van der Waals surface area (Å²) in [5.74, 6) is -2.36. The van der Waals surface area contributed by atoms with Crippen LogP contribution in [0, 0.1) is 5.82 Å². The third kappa shape index (κ3) is 2.57. The van der Waals surface area contributed by atoms with Crippen LogP contribution < -0.4 is 0 Å². The van der Waals surface area contributed by atoms with Crippen molar-refractivity contribution in [2.24, 2.45) is 0 Å². The van der Waals surface area contributed by atoms with E-state index in [1.165, 1.54) is 5.56 Å². The van der Waals surface area contributed by atoms with E-state index >= 15 is 0 Å². The minimum atomic E-state index is -1.18. The summed E-state index contributed by atoms with van der Waals surface area (Å²) in [4.78, 5) is 25.0. The summed E-state index contributed by atoms with van der Waals surface area (Å²) in [5.41, 5.74) is 1.93. The number of carbonyl (C=O) groups is 2. The van der Waals surface area contributed by atoms with Gasteiger partial charge in [0.15, 0.2) is 0 Å². The Kier molecular flexibility index (Phi) is 3.63. The van der Waals surface area contributed by atoms with Crippen LogP contribution in [-0.2, 0) is 13.0 Å². The molecule has 0 aliphatic carbocycles. The van der Waals surface area contributed by atoms with Crippen LogP contribution in [0.4, 0.5) is 4.39 Å². The smallest absolute Gasteiger partial charge is 0.335 e. The number of carboxylic acid groups (broad SMARTS) is 1. The zero-order chi connectivity index (χ0) is 15.7. The van der Waals surface area contributed by atoms with Crippen molar-refractivity contribution in [3.63, 3.8) is 0 Å². The molecule has 0 saturated carbocycles. The number of carboxylic acids is 1. The Bertz CT molecular complexity index is 757. The molecule has 0 atom stereocenters. The number of hydrogen-bond acceptors (Lipinski definition) is 2. The fourth-order valence-corrected chi connectivity index (χ4v) is 2.66. The molecule has 2 aromatic carbocycles. The topological polar surface area (TPSA) is 57.6 Å². The predicted octanol–water partition coefficient (Wildman–Crippen LogP) is 2.72. The third-order valence-corrected chi connectivity index (χ3v) is 3.86. The molecule has 0 spiro atoms. The molecule has 2 aromatic rings. The summed E-state index contributed by atoms with van der Waals surface area (Å²) in [6, 6.07) is 11.1. The Balaban J connectivity index is 1.89. The molecule has 5 heteroatoms. The molecule has 1 aliphatic heterocycles. The van der Waals surface area contributed by atoms with Gasteiger partial charge in [0.05, 0.1) is 11.1 Å². The van der Waals surface area contributed by atoms with Crippen LogP contribution in [-0.4, -0.2) is 28.4 Å². The maximum absolute atomic E-state index is 13.9. The lowest BCUT2D eigenvalue weighted by Gasteiger charge is -2.29. The number of halogens is 1. The second-order valence-corrected chi connectivity index (χ2v) is 5.25. The highest BCUT2D eigenvalue weighted by Crippen LogP contribution is 2.21. The Morgan fingerprint density at radius 3 is 2.55 bits per heavy atom. The maximum atomic E-state index is 13.9. The normalized spacial score (nSPS) is 13.6. The Labute approximate surface area is 126 Å². The largest absolute Gasteiger partial charge is 0.478 e. The summed E-state index contributed by atoms with van der Waals surface area (Å²) in [5, 5.41) is 8.98. The van der Waals surface area contributed by atoms with Crippen molar-refractivity contribution in [2.75, 3.05) is 6.54 Å². The first-order valence-electron chi connectivity index (χ1n) is 6.95. The van der Waals surface area contributed by atoms with Gasteiger partial charge in [0, 0.05) is 13.1 Å². The quantitative estimate of drug-likeness (QED) is 0.927. The number of fused-ring (bicyclic) bond motifs is 1. The van der Waals surface area contributed by atoms with E-state index in [-0.39, 0.29) is 11.1 Å². The van der Waals surface area contributed by atoms with Gasteiger partial charge in [-0.15, -0.1) is 0 Å². The molecule has 0 aromatic heterocycles. The van der Waals surface area contributed by atoms with Crippen molar-refractivity contribution in [3.05, 3.63) is 70.5 Å². The molecule has 1 heterocycles. The number of nitrogens with zero attached hydrogens (tertiary/aromatic N) is 1. The lowest BCUT2D eigenvalue weighted by molar-refractivity contribution is 0.0697. The van der Waals surface area contributed by atoms with Gasteiger partial charge < -0.3 is 10.0 Å². The van der Waals surface area contributed by atoms with Gasteiger partial charge in [0.1, 0.15) is 5.82 Å². The molecule has 0 unspecified atom stereocenters. The number of carbonyl (C=O) groups excluding carboxylic acids is 1. The highest BCUT2D eigenvalue weighted by molar-refractivity contribution is 5.97. The summed E-state index contributed by atoms with van der Waals surface area (Å²) < 4.78 is 13.9. The van der Waals surface area contributed by atoms with Crippen molar-refractivity contribution >= 4 is 11.9 Å². The molecule has 0 bridgehead atoms. The van der Waals surface area contributed by atoms with Gasteiger partial charge in [-0.2, -0.15) is 0 Å². The molecule has 0 radical (unpaired) electrons. The molecule has 22 heavy (non-hydrogen) atoms. The first-order chi connectivity index (χ1) is 10.6. The van der Waals surface area contributed by atoms with Crippen LogP contribution in [0.2, 0.25) is 0 Å². The predicted molar refractivity (Wildman–Crippen MR) is 78.2 cm³/mol. The fourth-order valence-electron chi connectivity index (χ4n) is 2.66. The molecular formula is C17H14FNO3. The summed E-state index contributed by atoms with van der Waals surface area (Å²) >= 11 is 0. The molecule has 112 valence electrons. The van der Waals surface area contributed by atoms with Crippen molar-refractivity contribution in [1.82, 2.24) is 4.90 Å². The molecule has 1 N–H and O–H groups in total. The van der Waals surface area contributed by atoms with E-state index in [4.69, 9.17) is 5.11 Å². The fraction of sp³-hybridized carbons (Fsp3) is 0.176. The van der Waals surface area contributed by atoms with Gasteiger partial charge in [-0.3, -0.25) is 4.79 Å². The number of aromatic carboxylic acids is 1. The van der Waals surface area contributed by atoms with Crippen molar-refractivity contribution in [2.45, 2.75) is 13.0 Å². The highest BCUT2D eigenvalue weighted by Gasteiger charge is 2.24. The lowest BCUT2D eigenvalue weighted by atomic mass is 9.99. The van der Waals surface area contributed by atoms with Crippen molar-refractivity contribution < 1.29 is 19.1 Å². The second kappa shape index (κ2) is 5.60. The molecular weight excluding hydrogens is 285 g/mol. The number of amides is 1. The van der Waals surface area contributed by atoms with Crippen molar-refractivity contribution in [3.8, 4) is 0 Å². The SMILES string of the molecule is O=C(O)c1ccc(F)c(C(=O)N2CCc3ccccc3C2)c1. The van der Waals surface area contributed by atoms with Gasteiger partial charge in [-0.05, 0) is 35.7 Å². The van der Waals surface area contributed by atoms with Gasteiger partial charge in [-0.1, -0.05) is 24.3 Å². The minimum absolute atomic E-state index is 0.0952. The van der Waals surface area contributed by atoms with E-state index in [0.717, 1.165) is 23.8 Å². The van der Waals surface area contributed by atoms with Crippen LogP contribution in [0.15, 0.2) is 42.5 Å². The Morgan fingerprint density at radius 2 is 1.82 bits per heavy atom. The Morgan fingerprint density at radius 1 is 1.09 bits per heavy atom. The zero-order valence-electron chi connectivity index (χ0n) is 11.8. The average Bonchev–Trinajstić information content (AvgIpc) is 2.54. The first kappa shape index (κ1) is 14.3. The molecule has 1 amide bonds. The van der Waals surface area contributed by atoms with E-state index < -0.39 is 17.7 Å². The summed E-state index contributed by atoms with van der Waals surface area (Å²) in [7, 11) is 0. The van der Waals surface area contributed by atoms with Crippen LogP contribution in [0.1, 0.15) is 31.8 Å². The lowest BCUT2D eigenvalue weighted by Crippen LogP contribution is -2.36. The minimum Gasteiger partial charge on any atom is -0.478 e. The third-order valence-electron chi connectivity index (χ3n) is 3.86. The van der Waals surface area contributed by atoms with E-state index in [1.807, 2.05) is 24.3 Å². The molecule has 0 saturated heterocycles. The number of benzene rings is 2. The number of hydrogen-bond donors (Lipinski definition) is 1. The second-order valence-electron chi connectivity index (χ2n) is 5.25. The Hall–Kier alpha value is -2.69. The first-order valence-corrected chi connectivity index (χ1v) is 6.95. The monoisotopic (exact) mass is 299 g/mol. The van der Waals surface area contributed by atoms with E-state index in [0.29, 0.717) is 19.5 Å². The molecule has 0 fully saturated rings. The zero-order valence-corrected chi connectivity index (χ0v) is 11.8. The summed E-state index contributed by atoms with van der Waals surface area (Å²) in [6.07, 6.45) is 0.710. The standard InChI is InChI=1S/C17H14FNO3/c18-15-6-5-12(17(21)22)9-14(15)16(20)19-8-7-11-3-1-2-4-13(11)10-19/h1-6,9H,7-8,10H2,(H,21,22). The highest BCUT2D eigenvalue weighted by atomic mass is 19.1.